The molecule has 0 N–H and O–H groups in total. The second-order valence-corrected chi connectivity index (χ2v) is 5.38. The molecular weight excluding hydrogens is 286 g/mol. The molecule has 0 spiro atoms. The topological polar surface area (TPSA) is 51.8 Å². The highest BCUT2D eigenvalue weighted by Crippen LogP contribution is 2.33. The number of hydrogen-bond acceptors (Lipinski definition) is 4. The normalized spacial score (nSPS) is 11.5. The van der Waals surface area contributed by atoms with Gasteiger partial charge in [0.05, 0.1) is 5.69 Å². The summed E-state index contributed by atoms with van der Waals surface area (Å²) in [5.41, 5.74) is 3.83. The number of furan rings is 1. The minimum Gasteiger partial charge on any atom is -0.454 e. The summed E-state index contributed by atoms with van der Waals surface area (Å²) in [6, 6.07) is 17.8. The molecule has 4 heteroatoms. The van der Waals surface area contributed by atoms with Crippen molar-refractivity contribution in [3.8, 4) is 11.4 Å². The Morgan fingerprint density at radius 1 is 0.739 bits per heavy atom. The minimum atomic E-state index is 0.708. The first-order chi connectivity index (χ1) is 11.4. The standard InChI is InChI=1S/C19H11N3O/c1-2-6-16-13(5-1)14-9-11-20-17(18(14)23-16)15-8-7-12-4-3-10-21-19(12)22-15/h1-11H. The zero-order valence-electron chi connectivity index (χ0n) is 12.1. The van der Waals surface area contributed by atoms with Crippen LogP contribution >= 0.6 is 0 Å². The van der Waals surface area contributed by atoms with E-state index in [1.807, 2.05) is 48.5 Å². The van der Waals surface area contributed by atoms with Gasteiger partial charge in [0.25, 0.3) is 0 Å². The fourth-order valence-electron chi connectivity index (χ4n) is 2.92. The van der Waals surface area contributed by atoms with Crippen molar-refractivity contribution in [2.24, 2.45) is 0 Å². The summed E-state index contributed by atoms with van der Waals surface area (Å²) in [7, 11) is 0. The van der Waals surface area contributed by atoms with Gasteiger partial charge in [0.15, 0.2) is 11.2 Å². The average Bonchev–Trinajstić information content (AvgIpc) is 3.00. The molecule has 0 saturated carbocycles. The van der Waals surface area contributed by atoms with E-state index < -0.39 is 0 Å². The first kappa shape index (κ1) is 12.3. The van der Waals surface area contributed by atoms with Crippen molar-refractivity contribution in [3.05, 3.63) is 67.0 Å². The van der Waals surface area contributed by atoms with Gasteiger partial charge < -0.3 is 4.42 Å². The van der Waals surface area contributed by atoms with Crippen LogP contribution in [0.1, 0.15) is 0 Å². The first-order valence-electron chi connectivity index (χ1n) is 7.38. The van der Waals surface area contributed by atoms with Gasteiger partial charge in [-0.1, -0.05) is 18.2 Å². The quantitative estimate of drug-likeness (QED) is 0.454. The maximum atomic E-state index is 6.03. The number of hydrogen-bond donors (Lipinski definition) is 0. The van der Waals surface area contributed by atoms with Gasteiger partial charge in [-0.25, -0.2) is 9.97 Å². The first-order valence-corrected chi connectivity index (χ1v) is 7.38. The van der Waals surface area contributed by atoms with Gasteiger partial charge in [-0.3, -0.25) is 4.98 Å². The van der Waals surface area contributed by atoms with Crippen molar-refractivity contribution >= 4 is 33.0 Å². The molecule has 0 fully saturated rings. The molecule has 4 nitrogen and oxygen atoms in total. The van der Waals surface area contributed by atoms with Crippen LogP contribution < -0.4 is 0 Å². The van der Waals surface area contributed by atoms with Crippen molar-refractivity contribution in [1.29, 1.82) is 0 Å². The number of para-hydroxylation sites is 1. The number of nitrogens with zero attached hydrogens (tertiary/aromatic N) is 3. The molecule has 0 atom stereocenters. The van der Waals surface area contributed by atoms with Crippen LogP contribution in [0.4, 0.5) is 0 Å². The zero-order chi connectivity index (χ0) is 15.2. The lowest BCUT2D eigenvalue weighted by Gasteiger charge is -2.02. The van der Waals surface area contributed by atoms with Crippen LogP contribution in [0, 0.1) is 0 Å². The maximum absolute atomic E-state index is 6.03. The molecule has 0 bridgehead atoms. The number of fused-ring (bicyclic) bond motifs is 4. The smallest absolute Gasteiger partial charge is 0.163 e. The molecule has 0 amide bonds. The highest BCUT2D eigenvalue weighted by atomic mass is 16.3. The highest BCUT2D eigenvalue weighted by molar-refractivity contribution is 6.08. The molecule has 0 saturated heterocycles. The van der Waals surface area contributed by atoms with E-state index in [1.54, 1.807) is 12.4 Å². The molecule has 4 heterocycles. The lowest BCUT2D eigenvalue weighted by atomic mass is 10.1. The summed E-state index contributed by atoms with van der Waals surface area (Å²) in [6.45, 7) is 0. The molecule has 4 aromatic heterocycles. The van der Waals surface area contributed by atoms with E-state index >= 15 is 0 Å². The van der Waals surface area contributed by atoms with E-state index in [1.165, 1.54) is 0 Å². The van der Waals surface area contributed by atoms with E-state index in [9.17, 15) is 0 Å². The summed E-state index contributed by atoms with van der Waals surface area (Å²) in [5, 5.41) is 3.15. The Kier molecular flexibility index (Phi) is 2.46. The number of rotatable bonds is 1. The monoisotopic (exact) mass is 297 g/mol. The Balaban J connectivity index is 1.84. The Labute approximate surface area is 131 Å². The SMILES string of the molecule is c1cnc2nc(-c3nccc4c3oc3ccccc34)ccc2c1. The zero-order valence-corrected chi connectivity index (χ0v) is 12.1. The summed E-state index contributed by atoms with van der Waals surface area (Å²) < 4.78 is 6.03. The van der Waals surface area contributed by atoms with E-state index in [0.29, 0.717) is 5.65 Å². The van der Waals surface area contributed by atoms with Gasteiger partial charge in [0.2, 0.25) is 0 Å². The van der Waals surface area contributed by atoms with Crippen molar-refractivity contribution in [2.75, 3.05) is 0 Å². The predicted molar refractivity (Wildman–Crippen MR) is 90.0 cm³/mol. The number of benzene rings is 1. The Morgan fingerprint density at radius 2 is 1.70 bits per heavy atom. The highest BCUT2D eigenvalue weighted by Gasteiger charge is 2.14. The van der Waals surface area contributed by atoms with Crippen molar-refractivity contribution in [1.82, 2.24) is 15.0 Å². The van der Waals surface area contributed by atoms with Crippen LogP contribution in [0.2, 0.25) is 0 Å². The third-order valence-electron chi connectivity index (χ3n) is 4.00. The molecule has 1 aromatic carbocycles. The molecule has 23 heavy (non-hydrogen) atoms. The van der Waals surface area contributed by atoms with E-state index in [-0.39, 0.29) is 0 Å². The Bertz CT molecular complexity index is 1180. The van der Waals surface area contributed by atoms with Crippen LogP contribution in [0.15, 0.2) is 71.4 Å². The molecule has 5 rings (SSSR count). The molecular formula is C19H11N3O. The van der Waals surface area contributed by atoms with Gasteiger partial charge in [-0.2, -0.15) is 0 Å². The van der Waals surface area contributed by atoms with Crippen molar-refractivity contribution in [3.63, 3.8) is 0 Å². The molecule has 0 aliphatic heterocycles. The summed E-state index contributed by atoms with van der Waals surface area (Å²) >= 11 is 0. The molecule has 0 aliphatic carbocycles. The summed E-state index contributed by atoms with van der Waals surface area (Å²) in [5.74, 6) is 0. The van der Waals surface area contributed by atoms with Crippen LogP contribution in [-0.4, -0.2) is 15.0 Å². The third kappa shape index (κ3) is 1.82. The second kappa shape index (κ2) is 4.61. The fraction of sp³-hybridized carbons (Fsp3) is 0. The van der Waals surface area contributed by atoms with Crippen LogP contribution in [0.25, 0.3) is 44.4 Å². The fourth-order valence-corrected chi connectivity index (χ4v) is 2.92. The van der Waals surface area contributed by atoms with E-state index in [2.05, 4.69) is 21.0 Å². The number of aromatic nitrogens is 3. The van der Waals surface area contributed by atoms with Gasteiger partial charge in [-0.05, 0) is 36.4 Å². The summed E-state index contributed by atoms with van der Waals surface area (Å²) in [4.78, 5) is 13.4. The predicted octanol–water partition coefficient (Wildman–Crippen LogP) is 4.59. The third-order valence-corrected chi connectivity index (χ3v) is 4.00. The van der Waals surface area contributed by atoms with Gasteiger partial charge in [0, 0.05) is 28.6 Å². The average molecular weight is 297 g/mol. The summed E-state index contributed by atoms with van der Waals surface area (Å²) in [6.07, 6.45) is 3.54. The number of pyridine rings is 3. The van der Waals surface area contributed by atoms with Crippen LogP contribution in [-0.2, 0) is 0 Å². The molecule has 0 unspecified atom stereocenters. The maximum Gasteiger partial charge on any atom is 0.163 e. The van der Waals surface area contributed by atoms with Gasteiger partial charge >= 0.3 is 0 Å². The van der Waals surface area contributed by atoms with E-state index in [0.717, 1.165) is 38.7 Å². The van der Waals surface area contributed by atoms with Gasteiger partial charge in [-0.15, -0.1) is 0 Å². The van der Waals surface area contributed by atoms with Crippen LogP contribution in [0.5, 0.6) is 0 Å². The largest absolute Gasteiger partial charge is 0.454 e. The molecule has 108 valence electrons. The lowest BCUT2D eigenvalue weighted by Crippen LogP contribution is -1.90. The molecule has 0 aliphatic rings. The van der Waals surface area contributed by atoms with Gasteiger partial charge in [0.1, 0.15) is 11.3 Å². The molecule has 5 aromatic rings. The Hall–Kier alpha value is -3.27. The van der Waals surface area contributed by atoms with E-state index in [4.69, 9.17) is 4.42 Å². The Morgan fingerprint density at radius 3 is 2.70 bits per heavy atom. The van der Waals surface area contributed by atoms with Crippen molar-refractivity contribution < 1.29 is 4.42 Å². The lowest BCUT2D eigenvalue weighted by molar-refractivity contribution is 0.668. The van der Waals surface area contributed by atoms with Crippen LogP contribution in [0.3, 0.4) is 0 Å². The second-order valence-electron chi connectivity index (χ2n) is 5.38. The minimum absolute atomic E-state index is 0.708. The molecule has 0 radical (unpaired) electrons. The van der Waals surface area contributed by atoms with Crippen molar-refractivity contribution in [2.45, 2.75) is 0 Å².